The van der Waals surface area contributed by atoms with Gasteiger partial charge in [0.2, 0.25) is 0 Å². The van der Waals surface area contributed by atoms with Crippen LogP contribution in [0.25, 0.3) is 12.2 Å². The van der Waals surface area contributed by atoms with Crippen LogP contribution in [0.5, 0.6) is 0 Å². The number of amides is 2. The zero-order valence-corrected chi connectivity index (χ0v) is 22.4. The molecule has 0 spiro atoms. The quantitative estimate of drug-likeness (QED) is 0.120. The fourth-order valence-electron chi connectivity index (χ4n) is 4.08. The lowest BCUT2D eigenvalue weighted by atomic mass is 10.2. The Balaban J connectivity index is 1.54. The summed E-state index contributed by atoms with van der Waals surface area (Å²) >= 11 is 0. The van der Waals surface area contributed by atoms with E-state index in [9.17, 15) is 29.8 Å². The molecule has 0 N–H and O–H groups in total. The van der Waals surface area contributed by atoms with Crippen LogP contribution in [0.3, 0.4) is 0 Å². The Labute approximate surface area is 241 Å². The summed E-state index contributed by atoms with van der Waals surface area (Å²) in [6.45, 7) is 0.332. The molecule has 0 heterocycles. The highest BCUT2D eigenvalue weighted by molar-refractivity contribution is 6.05. The Morgan fingerprint density at radius 3 is 1.19 bits per heavy atom. The third-order valence-corrected chi connectivity index (χ3v) is 6.26. The number of para-hydroxylation sites is 2. The van der Waals surface area contributed by atoms with Gasteiger partial charge in [-0.25, -0.2) is 0 Å². The van der Waals surface area contributed by atoms with Gasteiger partial charge in [-0.3, -0.25) is 29.8 Å². The first kappa shape index (κ1) is 29.1. The Kier molecular flexibility index (Phi) is 9.66. The molecule has 0 aliphatic rings. The second-order valence-electron chi connectivity index (χ2n) is 9.01. The number of non-ortho nitro benzene ring substituents is 2. The summed E-state index contributed by atoms with van der Waals surface area (Å²) < 4.78 is 0. The molecule has 0 atom stereocenters. The molecular formula is C32H26N4O6. The van der Waals surface area contributed by atoms with Crippen LogP contribution in [0, 0.1) is 20.2 Å². The number of anilines is 2. The van der Waals surface area contributed by atoms with Crippen LogP contribution in [0.2, 0.25) is 0 Å². The van der Waals surface area contributed by atoms with Crippen molar-refractivity contribution in [1.29, 1.82) is 0 Å². The predicted octanol–water partition coefficient (Wildman–Crippen LogP) is 6.30. The van der Waals surface area contributed by atoms with Crippen molar-refractivity contribution in [3.8, 4) is 0 Å². The number of carbonyl (C=O) groups is 2. The summed E-state index contributed by atoms with van der Waals surface area (Å²) in [5.74, 6) is -0.664. The summed E-state index contributed by atoms with van der Waals surface area (Å²) in [5, 5.41) is 21.8. The normalized spacial score (nSPS) is 11.0. The minimum atomic E-state index is -0.489. The van der Waals surface area contributed by atoms with E-state index >= 15 is 0 Å². The maximum Gasteiger partial charge on any atom is 0.269 e. The molecule has 2 amide bonds. The van der Waals surface area contributed by atoms with Gasteiger partial charge in [-0.2, -0.15) is 0 Å². The number of benzene rings is 4. The molecule has 10 heteroatoms. The maximum atomic E-state index is 13.4. The van der Waals surface area contributed by atoms with Gasteiger partial charge in [0.05, 0.1) is 9.85 Å². The zero-order chi connectivity index (χ0) is 29.9. The molecule has 0 aliphatic heterocycles. The first-order chi connectivity index (χ1) is 20.3. The van der Waals surface area contributed by atoms with Crippen LogP contribution < -0.4 is 9.80 Å². The van der Waals surface area contributed by atoms with Gasteiger partial charge in [-0.1, -0.05) is 36.4 Å². The topological polar surface area (TPSA) is 127 Å². The lowest BCUT2D eigenvalue weighted by Gasteiger charge is -2.27. The van der Waals surface area contributed by atoms with Crippen LogP contribution in [-0.2, 0) is 9.59 Å². The van der Waals surface area contributed by atoms with Crippen molar-refractivity contribution in [3.63, 3.8) is 0 Å². The Hall–Kier alpha value is -5.90. The molecule has 4 aromatic rings. The van der Waals surface area contributed by atoms with E-state index in [2.05, 4.69) is 0 Å². The lowest BCUT2D eigenvalue weighted by Crippen LogP contribution is -2.40. The number of nitrogens with zero attached hydrogens (tertiary/aromatic N) is 4. The number of nitro groups is 2. The summed E-state index contributed by atoms with van der Waals surface area (Å²) in [4.78, 5) is 50.7. The average molecular weight is 563 g/mol. The Morgan fingerprint density at radius 1 is 0.548 bits per heavy atom. The minimum Gasteiger partial charge on any atom is -0.307 e. The smallest absolute Gasteiger partial charge is 0.269 e. The number of nitro benzene ring substituents is 2. The highest BCUT2D eigenvalue weighted by Gasteiger charge is 2.19. The van der Waals surface area contributed by atoms with E-state index < -0.39 is 9.85 Å². The number of carbonyl (C=O) groups excluding carboxylic acids is 2. The van der Waals surface area contributed by atoms with E-state index in [-0.39, 0.29) is 36.3 Å². The van der Waals surface area contributed by atoms with Crippen molar-refractivity contribution in [2.75, 3.05) is 22.9 Å². The van der Waals surface area contributed by atoms with Crippen molar-refractivity contribution >= 4 is 46.7 Å². The molecule has 4 rings (SSSR count). The van der Waals surface area contributed by atoms with Crippen molar-refractivity contribution < 1.29 is 19.4 Å². The van der Waals surface area contributed by atoms with E-state index in [4.69, 9.17) is 0 Å². The molecule has 42 heavy (non-hydrogen) atoms. The first-order valence-electron chi connectivity index (χ1n) is 12.9. The largest absolute Gasteiger partial charge is 0.307 e. The molecule has 0 radical (unpaired) electrons. The molecule has 210 valence electrons. The highest BCUT2D eigenvalue weighted by Crippen LogP contribution is 2.19. The van der Waals surface area contributed by atoms with E-state index in [0.29, 0.717) is 22.5 Å². The summed E-state index contributed by atoms with van der Waals surface area (Å²) in [7, 11) is 0. The van der Waals surface area contributed by atoms with Crippen LogP contribution in [0.4, 0.5) is 22.7 Å². The van der Waals surface area contributed by atoms with Gasteiger partial charge < -0.3 is 9.80 Å². The molecule has 0 saturated carbocycles. The van der Waals surface area contributed by atoms with Gasteiger partial charge >= 0.3 is 0 Å². The van der Waals surface area contributed by atoms with E-state index in [1.165, 1.54) is 36.4 Å². The second kappa shape index (κ2) is 13.9. The van der Waals surface area contributed by atoms with E-state index in [1.807, 2.05) is 36.4 Å². The third-order valence-electron chi connectivity index (χ3n) is 6.26. The van der Waals surface area contributed by atoms with Gasteiger partial charge in [0, 0.05) is 60.9 Å². The minimum absolute atomic E-state index is 0.0438. The lowest BCUT2D eigenvalue weighted by molar-refractivity contribution is -0.385. The summed E-state index contributed by atoms with van der Waals surface area (Å²) in [5.41, 5.74) is 2.43. The Morgan fingerprint density at radius 2 is 0.881 bits per heavy atom. The van der Waals surface area contributed by atoms with Crippen LogP contribution in [0.15, 0.2) is 121 Å². The third kappa shape index (κ3) is 7.82. The fraction of sp³-hybridized carbons (Fsp3) is 0.0625. The van der Waals surface area contributed by atoms with Gasteiger partial charge in [-0.15, -0.1) is 0 Å². The van der Waals surface area contributed by atoms with Crippen molar-refractivity contribution in [2.24, 2.45) is 0 Å². The monoisotopic (exact) mass is 562 g/mol. The number of rotatable bonds is 11. The molecule has 0 fully saturated rings. The van der Waals surface area contributed by atoms with Crippen LogP contribution >= 0.6 is 0 Å². The molecule has 0 bridgehead atoms. The second-order valence-corrected chi connectivity index (χ2v) is 9.01. The van der Waals surface area contributed by atoms with Crippen molar-refractivity contribution in [3.05, 3.63) is 153 Å². The van der Waals surface area contributed by atoms with E-state index in [0.717, 1.165) is 0 Å². The SMILES string of the molecule is O=C(/C=C/c1ccc([N+](=O)[O-])cc1)N(CCN(C(=O)/C=C/c1ccc([N+](=O)[O-])cc1)c1ccccc1)c1ccccc1. The van der Waals surface area contributed by atoms with Gasteiger partial charge in [0.25, 0.3) is 23.2 Å². The van der Waals surface area contributed by atoms with Crippen molar-refractivity contribution in [1.82, 2.24) is 0 Å². The zero-order valence-electron chi connectivity index (χ0n) is 22.4. The fourth-order valence-corrected chi connectivity index (χ4v) is 4.08. The van der Waals surface area contributed by atoms with Crippen LogP contribution in [0.1, 0.15) is 11.1 Å². The molecular weight excluding hydrogens is 536 g/mol. The first-order valence-corrected chi connectivity index (χ1v) is 12.9. The standard InChI is InChI=1S/C32H26N4O6/c37-31(21-15-25-11-17-29(18-12-25)35(39)40)33(27-7-3-1-4-8-27)23-24-34(28-9-5-2-6-10-28)32(38)22-16-26-13-19-30(20-14-26)36(41)42/h1-22H,23-24H2/b21-15+,22-16+. The van der Waals surface area contributed by atoms with Crippen molar-refractivity contribution in [2.45, 2.75) is 0 Å². The molecule has 0 saturated heterocycles. The van der Waals surface area contributed by atoms with Gasteiger partial charge in [0.15, 0.2) is 0 Å². The predicted molar refractivity (Wildman–Crippen MR) is 162 cm³/mol. The van der Waals surface area contributed by atoms with E-state index in [1.54, 1.807) is 70.5 Å². The summed E-state index contributed by atoms with van der Waals surface area (Å²) in [6, 6.07) is 29.8. The number of hydrogen-bond acceptors (Lipinski definition) is 6. The maximum absolute atomic E-state index is 13.4. The van der Waals surface area contributed by atoms with Gasteiger partial charge in [0.1, 0.15) is 0 Å². The molecule has 10 nitrogen and oxygen atoms in total. The highest BCUT2D eigenvalue weighted by atomic mass is 16.6. The average Bonchev–Trinajstić information content (AvgIpc) is 3.02. The molecule has 4 aromatic carbocycles. The molecule has 0 aromatic heterocycles. The summed E-state index contributed by atoms with van der Waals surface area (Å²) in [6.07, 6.45) is 5.93. The number of hydrogen-bond donors (Lipinski definition) is 0. The Bertz CT molecular complexity index is 1480. The molecule has 0 aliphatic carbocycles. The van der Waals surface area contributed by atoms with Gasteiger partial charge in [-0.05, 0) is 71.8 Å². The molecule has 0 unspecified atom stereocenters. The van der Waals surface area contributed by atoms with Crippen LogP contribution in [-0.4, -0.2) is 34.8 Å².